The van der Waals surface area contributed by atoms with E-state index in [0.29, 0.717) is 16.5 Å². The fourth-order valence-electron chi connectivity index (χ4n) is 3.27. The van der Waals surface area contributed by atoms with Crippen molar-refractivity contribution in [1.29, 1.82) is 0 Å². The summed E-state index contributed by atoms with van der Waals surface area (Å²) in [5.41, 5.74) is 0.751. The summed E-state index contributed by atoms with van der Waals surface area (Å²) in [7, 11) is 0. The normalized spacial score (nSPS) is 22.7. The van der Waals surface area contributed by atoms with Crippen molar-refractivity contribution in [3.8, 4) is 16.9 Å². The van der Waals surface area contributed by atoms with E-state index in [0.717, 1.165) is 11.1 Å². The number of carbonyl (C=O) groups is 3. The summed E-state index contributed by atoms with van der Waals surface area (Å²) in [6, 6.07) is 5.18. The van der Waals surface area contributed by atoms with Crippen LogP contribution >= 0.6 is 23.4 Å². The number of halogens is 1. The van der Waals surface area contributed by atoms with Gasteiger partial charge < -0.3 is 23.5 Å². The summed E-state index contributed by atoms with van der Waals surface area (Å²) in [5, 5.41) is 4.11. The molecule has 11 heteroatoms. The highest BCUT2D eigenvalue weighted by Crippen LogP contribution is 2.38. The van der Waals surface area contributed by atoms with Crippen LogP contribution in [0.25, 0.3) is 11.1 Å². The van der Waals surface area contributed by atoms with Gasteiger partial charge in [0.05, 0.1) is 11.2 Å². The first-order valence-corrected chi connectivity index (χ1v) is 11.1. The van der Waals surface area contributed by atoms with Gasteiger partial charge in [0.2, 0.25) is 0 Å². The zero-order valence-corrected chi connectivity index (χ0v) is 19.4. The summed E-state index contributed by atoms with van der Waals surface area (Å²) in [6.07, 6.45) is -1.32. The lowest BCUT2D eigenvalue weighted by Crippen LogP contribution is -2.55. The predicted octanol–water partition coefficient (Wildman–Crippen LogP) is 3.55. The third-order valence-electron chi connectivity index (χ3n) is 4.54. The Labute approximate surface area is 193 Å². The van der Waals surface area contributed by atoms with Crippen LogP contribution in [0.3, 0.4) is 0 Å². The molecule has 0 radical (unpaired) electrons. The number of carbonyl (C=O) groups excluding carboxylic acids is 3. The fraction of sp³-hybridized carbons (Fsp3) is 0.429. The van der Waals surface area contributed by atoms with E-state index in [1.807, 2.05) is 0 Å². The molecule has 1 aliphatic rings. The van der Waals surface area contributed by atoms with Crippen molar-refractivity contribution < 1.29 is 37.9 Å². The molecule has 0 aliphatic carbocycles. The number of aromatic nitrogens is 1. The maximum atomic E-state index is 11.8. The van der Waals surface area contributed by atoms with Gasteiger partial charge in [-0.05, 0) is 24.6 Å². The van der Waals surface area contributed by atoms with E-state index < -0.39 is 41.7 Å². The van der Waals surface area contributed by atoms with Crippen LogP contribution in [-0.2, 0) is 28.6 Å². The Bertz CT molecular complexity index is 1010. The third kappa shape index (κ3) is 5.74. The van der Waals surface area contributed by atoms with Gasteiger partial charge in [-0.15, -0.1) is 11.8 Å². The van der Waals surface area contributed by atoms with Gasteiger partial charge in [-0.3, -0.25) is 14.4 Å². The first-order chi connectivity index (χ1) is 15.2. The minimum Gasteiger partial charge on any atom is -0.474 e. The molecule has 0 bridgehead atoms. The van der Waals surface area contributed by atoms with Crippen LogP contribution in [-0.4, -0.2) is 52.6 Å². The summed E-state index contributed by atoms with van der Waals surface area (Å²) >= 11 is 7.60. The second kappa shape index (κ2) is 10.3. The van der Waals surface area contributed by atoms with Crippen molar-refractivity contribution in [3.05, 3.63) is 35.2 Å². The molecule has 1 aliphatic heterocycles. The predicted molar refractivity (Wildman–Crippen MR) is 115 cm³/mol. The van der Waals surface area contributed by atoms with E-state index in [2.05, 4.69) is 5.16 Å². The average Bonchev–Trinajstić information content (AvgIpc) is 3.12. The number of hydrogen-bond acceptors (Lipinski definition) is 10. The quantitative estimate of drug-likeness (QED) is 0.446. The lowest BCUT2D eigenvalue weighted by molar-refractivity contribution is -0.186. The lowest BCUT2D eigenvalue weighted by atomic mass is 10.1. The number of thioether (sulfide) groups is 1. The van der Waals surface area contributed by atoms with Gasteiger partial charge in [0.15, 0.2) is 23.7 Å². The molecular formula is C21H22ClNO8S. The molecule has 2 aromatic rings. The zero-order chi connectivity index (χ0) is 23.4. The molecule has 0 unspecified atom stereocenters. The van der Waals surface area contributed by atoms with Gasteiger partial charge in [-0.25, -0.2) is 0 Å². The van der Waals surface area contributed by atoms with Crippen molar-refractivity contribution in [2.45, 2.75) is 51.4 Å². The molecule has 0 N–H and O–H groups in total. The molecule has 172 valence electrons. The van der Waals surface area contributed by atoms with E-state index in [1.165, 1.54) is 32.5 Å². The molecule has 3 rings (SSSR count). The highest BCUT2D eigenvalue weighted by atomic mass is 35.5. The largest absolute Gasteiger partial charge is 0.474 e. The molecular weight excluding hydrogens is 462 g/mol. The smallest absolute Gasteiger partial charge is 0.303 e. The fourth-order valence-corrected chi connectivity index (χ4v) is 4.64. The SMILES string of the molecule is CC(=O)O[C@@H]1[C@@H](OC(C)=O)[C@H](OC(C)=O)CS[C@H]1Oc1cc(-c2cnoc2C)ccc1Cl. The Morgan fingerprint density at radius 3 is 2.31 bits per heavy atom. The van der Waals surface area contributed by atoms with E-state index >= 15 is 0 Å². The molecule has 0 amide bonds. The van der Waals surface area contributed by atoms with E-state index in [9.17, 15) is 14.4 Å². The molecule has 1 aromatic carbocycles. The van der Waals surface area contributed by atoms with Crippen molar-refractivity contribution >= 4 is 41.3 Å². The van der Waals surface area contributed by atoms with Crippen LogP contribution < -0.4 is 4.74 Å². The number of esters is 3. The highest BCUT2D eigenvalue weighted by molar-refractivity contribution is 7.99. The van der Waals surface area contributed by atoms with Gasteiger partial charge in [-0.1, -0.05) is 22.8 Å². The minimum absolute atomic E-state index is 0.252. The monoisotopic (exact) mass is 483 g/mol. The van der Waals surface area contributed by atoms with Gasteiger partial charge in [0, 0.05) is 32.1 Å². The number of rotatable bonds is 6. The first-order valence-electron chi connectivity index (χ1n) is 9.66. The van der Waals surface area contributed by atoms with Gasteiger partial charge in [0.1, 0.15) is 11.5 Å². The molecule has 1 fully saturated rings. The molecule has 0 spiro atoms. The molecule has 1 aromatic heterocycles. The molecule has 0 saturated carbocycles. The second-order valence-corrected chi connectivity index (χ2v) is 8.59. The Balaban J connectivity index is 1.92. The topological polar surface area (TPSA) is 114 Å². The maximum Gasteiger partial charge on any atom is 0.303 e. The molecule has 1 saturated heterocycles. The zero-order valence-electron chi connectivity index (χ0n) is 17.8. The third-order valence-corrected chi connectivity index (χ3v) is 6.07. The Morgan fingerprint density at radius 1 is 1.06 bits per heavy atom. The van der Waals surface area contributed by atoms with Gasteiger partial charge in [-0.2, -0.15) is 0 Å². The summed E-state index contributed by atoms with van der Waals surface area (Å²) in [5.74, 6) is -0.562. The molecule has 32 heavy (non-hydrogen) atoms. The van der Waals surface area contributed by atoms with Crippen LogP contribution in [0, 0.1) is 6.92 Å². The molecule has 2 heterocycles. The molecule has 4 atom stereocenters. The lowest BCUT2D eigenvalue weighted by Gasteiger charge is -2.40. The first kappa shape index (κ1) is 23.9. The minimum atomic E-state index is -1.05. The molecule has 9 nitrogen and oxygen atoms in total. The summed E-state index contributed by atoms with van der Waals surface area (Å²) in [4.78, 5) is 35.0. The Hall–Kier alpha value is -2.72. The Kier molecular flexibility index (Phi) is 7.68. The number of hydrogen-bond donors (Lipinski definition) is 0. The van der Waals surface area contributed by atoms with Crippen molar-refractivity contribution in [2.24, 2.45) is 0 Å². The van der Waals surface area contributed by atoms with Crippen LogP contribution in [0.4, 0.5) is 0 Å². The Morgan fingerprint density at radius 2 is 1.72 bits per heavy atom. The number of benzene rings is 1. The maximum absolute atomic E-state index is 11.8. The van der Waals surface area contributed by atoms with Crippen molar-refractivity contribution in [2.75, 3.05) is 5.75 Å². The van der Waals surface area contributed by atoms with Crippen LogP contribution in [0.5, 0.6) is 5.75 Å². The van der Waals surface area contributed by atoms with E-state index in [1.54, 1.807) is 31.3 Å². The summed E-state index contributed by atoms with van der Waals surface area (Å²) < 4.78 is 27.3. The van der Waals surface area contributed by atoms with Crippen LogP contribution in [0.2, 0.25) is 5.02 Å². The average molecular weight is 484 g/mol. The second-order valence-electron chi connectivity index (χ2n) is 7.06. The number of nitrogens with zero attached hydrogens (tertiary/aromatic N) is 1. The van der Waals surface area contributed by atoms with Crippen molar-refractivity contribution in [1.82, 2.24) is 5.16 Å². The number of ether oxygens (including phenoxy) is 4. The van der Waals surface area contributed by atoms with Crippen LogP contribution in [0.15, 0.2) is 28.9 Å². The van der Waals surface area contributed by atoms with Gasteiger partial charge in [0.25, 0.3) is 0 Å². The number of aryl methyl sites for hydroxylation is 1. The van der Waals surface area contributed by atoms with E-state index in [4.69, 9.17) is 35.1 Å². The van der Waals surface area contributed by atoms with Crippen molar-refractivity contribution in [3.63, 3.8) is 0 Å². The summed E-state index contributed by atoms with van der Waals surface area (Å²) in [6.45, 7) is 5.47. The van der Waals surface area contributed by atoms with Gasteiger partial charge >= 0.3 is 17.9 Å². The van der Waals surface area contributed by atoms with E-state index in [-0.39, 0.29) is 5.75 Å². The van der Waals surface area contributed by atoms with Crippen LogP contribution in [0.1, 0.15) is 26.5 Å². The standard InChI is InChI=1S/C21H22ClNO8S/c1-10-15(8-23-31-10)14-5-6-16(22)17(7-14)30-21-20(29-13(4)26)19(28-12(3)25)18(9-32-21)27-11(2)24/h5-8,18-21H,9H2,1-4H3/t18-,19+,20-,21-/m1/s1. The highest BCUT2D eigenvalue weighted by Gasteiger charge is 2.47.